The fraction of sp³-hybridized carbons (Fsp3) is 0.857. The van der Waals surface area contributed by atoms with E-state index in [1.165, 1.54) is 0 Å². The second-order valence-electron chi connectivity index (χ2n) is 2.97. The summed E-state index contributed by atoms with van der Waals surface area (Å²) in [5.74, 6) is 1.70. The Labute approximate surface area is 70.4 Å². The summed E-state index contributed by atoms with van der Waals surface area (Å²) in [6.07, 6.45) is 1.05. The van der Waals surface area contributed by atoms with E-state index >= 15 is 0 Å². The van der Waals surface area contributed by atoms with Crippen LogP contribution in [0.1, 0.15) is 6.42 Å². The summed E-state index contributed by atoms with van der Waals surface area (Å²) in [5, 5.41) is 0.758. The van der Waals surface area contributed by atoms with Gasteiger partial charge in [-0.05, 0) is 6.42 Å². The first kappa shape index (κ1) is 7.43. The lowest BCUT2D eigenvalue weighted by atomic mass is 9.98. The first-order valence-electron chi connectivity index (χ1n) is 3.90. The van der Waals surface area contributed by atoms with Crippen molar-refractivity contribution in [3.8, 4) is 0 Å². The van der Waals surface area contributed by atoms with Crippen molar-refractivity contribution in [2.45, 2.75) is 12.5 Å². The Kier molecular flexibility index (Phi) is 2.05. The molecular formula is C7H12N2OS. The maximum atomic E-state index is 5.61. The minimum atomic E-state index is 0.449. The van der Waals surface area contributed by atoms with Crippen molar-refractivity contribution in [1.82, 2.24) is 0 Å². The molecule has 0 amide bonds. The quantitative estimate of drug-likeness (QED) is 0.577. The number of ether oxygens (including phenoxy) is 1. The van der Waals surface area contributed by atoms with Crippen molar-refractivity contribution < 1.29 is 4.74 Å². The SMILES string of the molecule is NC1=NC2CCOCC2CS1. The van der Waals surface area contributed by atoms with Crippen LogP contribution in [0.5, 0.6) is 0 Å². The zero-order valence-electron chi connectivity index (χ0n) is 6.32. The van der Waals surface area contributed by atoms with Gasteiger partial charge in [-0.15, -0.1) is 0 Å². The Balaban J connectivity index is 2.07. The van der Waals surface area contributed by atoms with E-state index in [0.29, 0.717) is 12.0 Å². The predicted molar refractivity (Wildman–Crippen MR) is 46.8 cm³/mol. The highest BCUT2D eigenvalue weighted by Crippen LogP contribution is 2.26. The molecule has 0 bridgehead atoms. The summed E-state index contributed by atoms with van der Waals surface area (Å²) in [6, 6.07) is 0.449. The minimum absolute atomic E-state index is 0.449. The lowest BCUT2D eigenvalue weighted by Crippen LogP contribution is -2.37. The smallest absolute Gasteiger partial charge is 0.154 e. The van der Waals surface area contributed by atoms with Crippen molar-refractivity contribution in [3.05, 3.63) is 0 Å². The third-order valence-electron chi connectivity index (χ3n) is 2.17. The molecule has 4 heteroatoms. The molecule has 0 aromatic carbocycles. The summed E-state index contributed by atoms with van der Waals surface area (Å²) in [4.78, 5) is 4.38. The fourth-order valence-electron chi connectivity index (χ4n) is 1.51. The van der Waals surface area contributed by atoms with E-state index < -0.39 is 0 Å². The van der Waals surface area contributed by atoms with Crippen LogP contribution in [0.3, 0.4) is 0 Å². The highest BCUT2D eigenvalue weighted by atomic mass is 32.2. The zero-order valence-corrected chi connectivity index (χ0v) is 7.14. The van der Waals surface area contributed by atoms with Gasteiger partial charge in [-0.1, -0.05) is 11.8 Å². The lowest BCUT2D eigenvalue weighted by Gasteiger charge is -2.31. The number of hydrogen-bond donors (Lipinski definition) is 1. The van der Waals surface area contributed by atoms with Crippen LogP contribution in [0, 0.1) is 5.92 Å². The van der Waals surface area contributed by atoms with Crippen LogP contribution >= 0.6 is 11.8 Å². The second kappa shape index (κ2) is 3.03. The van der Waals surface area contributed by atoms with E-state index in [0.717, 1.165) is 30.6 Å². The van der Waals surface area contributed by atoms with Gasteiger partial charge in [0, 0.05) is 18.3 Å². The number of hydrogen-bond acceptors (Lipinski definition) is 4. The maximum Gasteiger partial charge on any atom is 0.154 e. The highest BCUT2D eigenvalue weighted by Gasteiger charge is 2.28. The van der Waals surface area contributed by atoms with Gasteiger partial charge in [0.05, 0.1) is 12.6 Å². The Bertz CT molecular complexity index is 183. The molecule has 2 aliphatic rings. The van der Waals surface area contributed by atoms with Crippen molar-refractivity contribution in [2.75, 3.05) is 19.0 Å². The summed E-state index contributed by atoms with van der Waals surface area (Å²) in [6.45, 7) is 1.72. The van der Waals surface area contributed by atoms with E-state index in [4.69, 9.17) is 10.5 Å². The van der Waals surface area contributed by atoms with Crippen LogP contribution in [0.15, 0.2) is 4.99 Å². The van der Waals surface area contributed by atoms with Gasteiger partial charge < -0.3 is 10.5 Å². The Morgan fingerprint density at radius 2 is 2.55 bits per heavy atom. The summed E-state index contributed by atoms with van der Waals surface area (Å²) in [7, 11) is 0. The van der Waals surface area contributed by atoms with Gasteiger partial charge in [-0.2, -0.15) is 0 Å². The molecule has 2 rings (SSSR count). The Hall–Kier alpha value is -0.220. The van der Waals surface area contributed by atoms with E-state index in [2.05, 4.69) is 4.99 Å². The molecule has 11 heavy (non-hydrogen) atoms. The van der Waals surface area contributed by atoms with Gasteiger partial charge in [0.25, 0.3) is 0 Å². The third-order valence-corrected chi connectivity index (χ3v) is 3.17. The van der Waals surface area contributed by atoms with E-state index in [9.17, 15) is 0 Å². The molecule has 2 atom stereocenters. The first-order chi connectivity index (χ1) is 5.36. The third kappa shape index (κ3) is 1.51. The number of rotatable bonds is 0. The topological polar surface area (TPSA) is 47.6 Å². The fourth-order valence-corrected chi connectivity index (χ4v) is 2.42. The summed E-state index contributed by atoms with van der Waals surface area (Å²) in [5.41, 5.74) is 5.61. The minimum Gasteiger partial charge on any atom is -0.381 e. The average Bonchev–Trinajstić information content (AvgIpc) is 2.04. The molecule has 0 aliphatic carbocycles. The molecule has 2 heterocycles. The van der Waals surface area contributed by atoms with Crippen molar-refractivity contribution >= 4 is 16.9 Å². The number of aliphatic imine (C=N–C) groups is 1. The van der Waals surface area contributed by atoms with E-state index in [1.54, 1.807) is 11.8 Å². The highest BCUT2D eigenvalue weighted by molar-refractivity contribution is 8.13. The number of amidine groups is 1. The van der Waals surface area contributed by atoms with Crippen LogP contribution in [-0.2, 0) is 4.74 Å². The van der Waals surface area contributed by atoms with Gasteiger partial charge >= 0.3 is 0 Å². The molecule has 2 aliphatic heterocycles. The van der Waals surface area contributed by atoms with Gasteiger partial charge in [-0.25, -0.2) is 0 Å². The average molecular weight is 172 g/mol. The molecule has 0 radical (unpaired) electrons. The molecular weight excluding hydrogens is 160 g/mol. The van der Waals surface area contributed by atoms with Crippen LogP contribution in [0.4, 0.5) is 0 Å². The van der Waals surface area contributed by atoms with Gasteiger partial charge in [0.1, 0.15) is 0 Å². The normalized spacial score (nSPS) is 37.6. The Morgan fingerprint density at radius 1 is 1.64 bits per heavy atom. The number of fused-ring (bicyclic) bond motifs is 1. The lowest BCUT2D eigenvalue weighted by molar-refractivity contribution is 0.0509. The molecule has 2 unspecified atom stereocenters. The molecule has 1 saturated heterocycles. The first-order valence-corrected chi connectivity index (χ1v) is 4.88. The van der Waals surface area contributed by atoms with Gasteiger partial charge in [0.2, 0.25) is 0 Å². The second-order valence-corrected chi connectivity index (χ2v) is 4.01. The molecule has 0 aromatic rings. The van der Waals surface area contributed by atoms with E-state index in [-0.39, 0.29) is 0 Å². The standard InChI is InChI=1S/C7H12N2OS/c8-7-9-6-1-2-10-3-5(6)4-11-7/h5-6H,1-4H2,(H2,8,9). The number of thioether (sulfide) groups is 1. The molecule has 1 fully saturated rings. The van der Waals surface area contributed by atoms with Gasteiger partial charge in [0.15, 0.2) is 5.17 Å². The van der Waals surface area contributed by atoms with Crippen molar-refractivity contribution in [1.29, 1.82) is 0 Å². The molecule has 0 aromatic heterocycles. The predicted octanol–water partition coefficient (Wildman–Crippen LogP) is 0.453. The molecule has 62 valence electrons. The summed E-state index contributed by atoms with van der Waals surface area (Å²) < 4.78 is 5.35. The number of nitrogens with two attached hydrogens (primary N) is 1. The van der Waals surface area contributed by atoms with Crippen LogP contribution < -0.4 is 5.73 Å². The maximum absolute atomic E-state index is 5.61. The largest absolute Gasteiger partial charge is 0.381 e. The number of nitrogens with zero attached hydrogens (tertiary/aromatic N) is 1. The molecule has 0 spiro atoms. The van der Waals surface area contributed by atoms with Crippen LogP contribution in [0.25, 0.3) is 0 Å². The Morgan fingerprint density at radius 3 is 3.45 bits per heavy atom. The van der Waals surface area contributed by atoms with Crippen molar-refractivity contribution in [2.24, 2.45) is 16.6 Å². The molecule has 2 N–H and O–H groups in total. The summed E-state index contributed by atoms with van der Waals surface area (Å²) >= 11 is 1.65. The monoisotopic (exact) mass is 172 g/mol. The molecule has 3 nitrogen and oxygen atoms in total. The molecule has 0 saturated carbocycles. The van der Waals surface area contributed by atoms with Crippen LogP contribution in [0.2, 0.25) is 0 Å². The zero-order chi connectivity index (χ0) is 7.68. The van der Waals surface area contributed by atoms with Gasteiger partial charge in [-0.3, -0.25) is 4.99 Å². The van der Waals surface area contributed by atoms with Crippen LogP contribution in [-0.4, -0.2) is 30.2 Å². The van der Waals surface area contributed by atoms with E-state index in [1.807, 2.05) is 0 Å². The van der Waals surface area contributed by atoms with Crippen molar-refractivity contribution in [3.63, 3.8) is 0 Å².